The molecule has 4 N–H and O–H groups in total. The minimum absolute atomic E-state index is 0.0598. The summed E-state index contributed by atoms with van der Waals surface area (Å²) in [5.74, 6) is 0.00192. The number of hydrogen-bond acceptors (Lipinski definition) is 5. The highest BCUT2D eigenvalue weighted by Gasteiger charge is 2.12. The summed E-state index contributed by atoms with van der Waals surface area (Å²) in [6.45, 7) is 1.90. The topological polar surface area (TPSA) is 100 Å². The third-order valence-electron chi connectivity index (χ3n) is 3.26. The van der Waals surface area contributed by atoms with Crippen molar-refractivity contribution < 1.29 is 9.53 Å². The predicted octanol–water partition coefficient (Wildman–Crippen LogP) is 3.04. The molecule has 0 bridgehead atoms. The largest absolute Gasteiger partial charge is 0.495 e. The molecular weight excluding hydrogens is 304 g/mol. The number of hydrogen-bond donors (Lipinski definition) is 3. The van der Waals surface area contributed by atoms with Gasteiger partial charge in [0.15, 0.2) is 0 Å². The van der Waals surface area contributed by atoms with Crippen LogP contribution in [-0.2, 0) is 4.79 Å². The second kappa shape index (κ2) is 7.70. The molecule has 0 aliphatic rings. The molecule has 0 fully saturated rings. The van der Waals surface area contributed by atoms with E-state index < -0.39 is 5.91 Å². The number of nitrogens with zero attached hydrogens (tertiary/aromatic N) is 1. The van der Waals surface area contributed by atoms with Crippen LogP contribution in [0.2, 0.25) is 0 Å². The predicted molar refractivity (Wildman–Crippen MR) is 94.5 cm³/mol. The summed E-state index contributed by atoms with van der Waals surface area (Å²) < 4.78 is 5.21. The molecule has 0 radical (unpaired) electrons. The first-order valence-corrected chi connectivity index (χ1v) is 7.22. The van der Waals surface area contributed by atoms with Crippen molar-refractivity contribution in [3.05, 3.63) is 59.8 Å². The van der Waals surface area contributed by atoms with Crippen LogP contribution in [0.3, 0.4) is 0 Å². The number of benzene rings is 2. The normalized spacial score (nSPS) is 10.6. The Bertz CT molecular complexity index is 805. The number of carbonyl (C=O) groups is 1. The molecule has 0 aliphatic carbocycles. The maximum Gasteiger partial charge on any atom is 0.267 e. The number of anilines is 3. The first kappa shape index (κ1) is 16.9. The van der Waals surface area contributed by atoms with Gasteiger partial charge in [-0.1, -0.05) is 6.07 Å². The Labute approximate surface area is 140 Å². The number of nitriles is 1. The molecule has 0 saturated heterocycles. The molecule has 2 aromatic rings. The summed E-state index contributed by atoms with van der Waals surface area (Å²) in [7, 11) is 1.52. The van der Waals surface area contributed by atoms with Crippen molar-refractivity contribution in [2.24, 2.45) is 0 Å². The number of aryl methyl sites for hydroxylation is 1. The lowest BCUT2D eigenvalue weighted by Gasteiger charge is -2.10. The summed E-state index contributed by atoms with van der Waals surface area (Å²) in [5.41, 5.74) is 8.38. The maximum atomic E-state index is 12.3. The number of rotatable bonds is 5. The highest BCUT2D eigenvalue weighted by Crippen LogP contribution is 2.25. The van der Waals surface area contributed by atoms with E-state index in [1.807, 2.05) is 19.1 Å². The molecular formula is C18H18N4O2. The molecule has 0 heterocycles. The molecule has 6 heteroatoms. The highest BCUT2D eigenvalue weighted by molar-refractivity contribution is 6.07. The van der Waals surface area contributed by atoms with E-state index in [1.165, 1.54) is 13.3 Å². The molecule has 0 aromatic heterocycles. The van der Waals surface area contributed by atoms with E-state index in [0.717, 1.165) is 11.3 Å². The Morgan fingerprint density at radius 3 is 2.58 bits per heavy atom. The van der Waals surface area contributed by atoms with E-state index in [4.69, 9.17) is 10.5 Å². The van der Waals surface area contributed by atoms with Gasteiger partial charge in [0.05, 0.1) is 12.8 Å². The zero-order chi connectivity index (χ0) is 17.5. The van der Waals surface area contributed by atoms with E-state index >= 15 is 0 Å². The van der Waals surface area contributed by atoms with Gasteiger partial charge < -0.3 is 21.1 Å². The van der Waals surface area contributed by atoms with Crippen LogP contribution in [-0.4, -0.2) is 13.0 Å². The molecule has 2 aromatic carbocycles. The second-order valence-corrected chi connectivity index (χ2v) is 5.09. The number of carbonyl (C=O) groups excluding carboxylic acids is 1. The fraction of sp³-hybridized carbons (Fsp3) is 0.111. The van der Waals surface area contributed by atoms with Gasteiger partial charge in [-0.05, 0) is 48.9 Å². The van der Waals surface area contributed by atoms with Crippen molar-refractivity contribution in [2.45, 2.75) is 6.92 Å². The van der Waals surface area contributed by atoms with Crippen LogP contribution in [0, 0.1) is 18.3 Å². The van der Waals surface area contributed by atoms with Gasteiger partial charge in [-0.2, -0.15) is 5.26 Å². The number of ether oxygens (including phenoxy) is 1. The average Bonchev–Trinajstić information content (AvgIpc) is 2.57. The van der Waals surface area contributed by atoms with Crippen molar-refractivity contribution in [3.63, 3.8) is 0 Å². The Balaban J connectivity index is 2.14. The highest BCUT2D eigenvalue weighted by atomic mass is 16.5. The van der Waals surface area contributed by atoms with Crippen molar-refractivity contribution in [2.75, 3.05) is 23.5 Å². The van der Waals surface area contributed by atoms with Crippen LogP contribution >= 0.6 is 0 Å². The SMILES string of the molecule is COc1ccc(C)cc1NC(=O)/C(C#N)=C\Nc1ccc(N)cc1. The summed E-state index contributed by atoms with van der Waals surface area (Å²) >= 11 is 0. The molecule has 0 saturated carbocycles. The van der Waals surface area contributed by atoms with Crippen molar-refractivity contribution in [1.82, 2.24) is 0 Å². The lowest BCUT2D eigenvalue weighted by molar-refractivity contribution is -0.112. The minimum atomic E-state index is -0.524. The van der Waals surface area contributed by atoms with Crippen molar-refractivity contribution in [3.8, 4) is 11.8 Å². The molecule has 122 valence electrons. The number of nitrogens with one attached hydrogen (secondary N) is 2. The smallest absolute Gasteiger partial charge is 0.267 e. The monoisotopic (exact) mass is 322 g/mol. The zero-order valence-electron chi connectivity index (χ0n) is 13.5. The van der Waals surface area contributed by atoms with Gasteiger partial charge in [-0.25, -0.2) is 0 Å². The van der Waals surface area contributed by atoms with E-state index in [2.05, 4.69) is 10.6 Å². The maximum absolute atomic E-state index is 12.3. The summed E-state index contributed by atoms with van der Waals surface area (Å²) in [5, 5.41) is 14.8. The lowest BCUT2D eigenvalue weighted by atomic mass is 10.2. The van der Waals surface area contributed by atoms with Gasteiger partial charge in [0.25, 0.3) is 5.91 Å². The zero-order valence-corrected chi connectivity index (χ0v) is 13.5. The van der Waals surface area contributed by atoms with Crippen LogP contribution in [0.5, 0.6) is 5.75 Å². The molecule has 1 amide bonds. The van der Waals surface area contributed by atoms with Gasteiger partial charge in [-0.15, -0.1) is 0 Å². The Morgan fingerprint density at radius 1 is 1.25 bits per heavy atom. The Kier molecular flexibility index (Phi) is 5.42. The number of nitrogens with two attached hydrogens (primary N) is 1. The van der Waals surface area contributed by atoms with E-state index in [1.54, 1.807) is 36.4 Å². The van der Waals surface area contributed by atoms with Gasteiger partial charge in [0, 0.05) is 17.6 Å². The fourth-order valence-corrected chi connectivity index (χ4v) is 1.99. The first-order valence-electron chi connectivity index (χ1n) is 7.22. The van der Waals surface area contributed by atoms with Gasteiger partial charge >= 0.3 is 0 Å². The molecule has 0 atom stereocenters. The van der Waals surface area contributed by atoms with Crippen LogP contribution in [0.15, 0.2) is 54.2 Å². The lowest BCUT2D eigenvalue weighted by Crippen LogP contribution is -2.15. The van der Waals surface area contributed by atoms with E-state index in [9.17, 15) is 10.1 Å². The third-order valence-corrected chi connectivity index (χ3v) is 3.26. The summed E-state index contributed by atoms with van der Waals surface area (Å²) in [6, 6.07) is 14.2. The van der Waals surface area contributed by atoms with Gasteiger partial charge in [-0.3, -0.25) is 4.79 Å². The van der Waals surface area contributed by atoms with Gasteiger partial charge in [0.1, 0.15) is 17.4 Å². The van der Waals surface area contributed by atoms with Crippen LogP contribution in [0.4, 0.5) is 17.1 Å². The summed E-state index contributed by atoms with van der Waals surface area (Å²) in [4.78, 5) is 12.3. The van der Waals surface area contributed by atoms with Crippen molar-refractivity contribution >= 4 is 23.0 Å². The fourth-order valence-electron chi connectivity index (χ4n) is 1.99. The Hall–Kier alpha value is -3.46. The quantitative estimate of drug-likeness (QED) is 0.446. The molecule has 24 heavy (non-hydrogen) atoms. The number of methoxy groups -OCH3 is 1. The minimum Gasteiger partial charge on any atom is -0.495 e. The van der Waals surface area contributed by atoms with Crippen LogP contribution < -0.4 is 21.1 Å². The van der Waals surface area contributed by atoms with Crippen LogP contribution in [0.1, 0.15) is 5.56 Å². The first-order chi connectivity index (χ1) is 11.5. The Morgan fingerprint density at radius 2 is 1.96 bits per heavy atom. The molecule has 6 nitrogen and oxygen atoms in total. The molecule has 0 aliphatic heterocycles. The molecule has 2 rings (SSSR count). The van der Waals surface area contributed by atoms with Crippen LogP contribution in [0.25, 0.3) is 0 Å². The second-order valence-electron chi connectivity index (χ2n) is 5.09. The number of nitrogen functional groups attached to an aromatic ring is 1. The van der Waals surface area contributed by atoms with E-state index in [0.29, 0.717) is 17.1 Å². The average molecular weight is 322 g/mol. The van der Waals surface area contributed by atoms with Crippen molar-refractivity contribution in [1.29, 1.82) is 5.26 Å². The standard InChI is InChI=1S/C18H18N4O2/c1-12-3-8-17(24-2)16(9-12)22-18(23)13(10-19)11-21-15-6-4-14(20)5-7-15/h3-9,11,21H,20H2,1-2H3,(H,22,23)/b13-11-. The molecule has 0 spiro atoms. The number of amides is 1. The van der Waals surface area contributed by atoms with E-state index in [-0.39, 0.29) is 5.57 Å². The summed E-state index contributed by atoms with van der Waals surface area (Å²) in [6.07, 6.45) is 1.35. The molecule has 0 unspecified atom stereocenters. The third kappa shape index (κ3) is 4.27. The van der Waals surface area contributed by atoms with Gasteiger partial charge in [0.2, 0.25) is 0 Å².